The van der Waals surface area contributed by atoms with Crippen molar-refractivity contribution in [3.63, 3.8) is 0 Å². The molecule has 0 unspecified atom stereocenters. The summed E-state index contributed by atoms with van der Waals surface area (Å²) < 4.78 is 39.3. The molecule has 2 aromatic heterocycles. The minimum atomic E-state index is -4.47. The van der Waals surface area contributed by atoms with Crippen LogP contribution in [0.1, 0.15) is 37.0 Å². The normalized spacial score (nSPS) is 20.8. The van der Waals surface area contributed by atoms with Crippen LogP contribution in [0.4, 0.5) is 24.9 Å². The van der Waals surface area contributed by atoms with Gasteiger partial charge in [0.15, 0.2) is 12.4 Å². The van der Waals surface area contributed by atoms with Gasteiger partial charge in [0.05, 0.1) is 17.9 Å². The third-order valence-electron chi connectivity index (χ3n) is 5.13. The van der Waals surface area contributed by atoms with Gasteiger partial charge in [0.1, 0.15) is 17.5 Å². The predicted molar refractivity (Wildman–Crippen MR) is 93.9 cm³/mol. The lowest BCUT2D eigenvalue weighted by molar-refractivity contribution is -0.379. The largest absolute Gasteiger partial charge is 0.417 e. The molecule has 3 rings (SSSR count). The molecule has 1 aliphatic carbocycles. The van der Waals surface area contributed by atoms with Crippen molar-refractivity contribution < 1.29 is 23.3 Å². The predicted octanol–water partition coefficient (Wildman–Crippen LogP) is 2.36. The Labute approximate surface area is 159 Å². The maximum Gasteiger partial charge on any atom is 0.417 e. The second kappa shape index (κ2) is 7.24. The van der Waals surface area contributed by atoms with Crippen LogP contribution >= 0.6 is 0 Å². The number of aliphatic hydroxyl groups is 1. The van der Waals surface area contributed by atoms with Gasteiger partial charge in [0, 0.05) is 29.6 Å². The second-order valence-corrected chi connectivity index (χ2v) is 7.27. The molecule has 2 heterocycles. The monoisotopic (exact) mass is 393 g/mol. The number of pyridine rings is 1. The Hall–Kier alpha value is -2.93. The molecule has 1 fully saturated rings. The van der Waals surface area contributed by atoms with Gasteiger partial charge in [0.25, 0.3) is 0 Å². The van der Waals surface area contributed by atoms with E-state index in [2.05, 4.69) is 25.6 Å². The number of alkyl halides is 3. The molecule has 28 heavy (non-hydrogen) atoms. The van der Waals surface area contributed by atoms with E-state index in [1.165, 1.54) is 18.6 Å². The molecule has 0 amide bonds. The standard InChI is InChI=1S/C18H19F3N6O/c1-17(2)13(5-14(17)28)26-15-10(6-22)8-24-16(27-15)25-9-11-7-23-4-3-12(11)18(19,20)21/h3-4,7-8,13-14,28H,5,9H2,1-2H3,(H2,24,25,26,27)/p+1/t13-,14-/m1/s1. The first kappa shape index (κ1) is 19.8. The molecule has 1 aliphatic rings. The Balaban J connectivity index is 1.77. The highest BCUT2D eigenvalue weighted by atomic mass is 19.4. The van der Waals surface area contributed by atoms with Gasteiger partial charge < -0.3 is 15.7 Å². The number of nitrogens with zero attached hydrogens (tertiary/aromatic N) is 3. The summed E-state index contributed by atoms with van der Waals surface area (Å²) >= 11 is 0. The second-order valence-electron chi connectivity index (χ2n) is 7.27. The van der Waals surface area contributed by atoms with E-state index in [9.17, 15) is 23.5 Å². The van der Waals surface area contributed by atoms with Crippen molar-refractivity contribution in [2.24, 2.45) is 5.41 Å². The van der Waals surface area contributed by atoms with Crippen molar-refractivity contribution in [2.75, 3.05) is 10.6 Å². The summed E-state index contributed by atoms with van der Waals surface area (Å²) in [5.41, 5.74) is -0.907. The molecule has 0 saturated heterocycles. The van der Waals surface area contributed by atoms with Crippen LogP contribution in [0.2, 0.25) is 0 Å². The summed E-state index contributed by atoms with van der Waals surface area (Å²) in [7, 11) is 0. The molecule has 0 aliphatic heterocycles. The highest BCUT2D eigenvalue weighted by Crippen LogP contribution is 2.42. The van der Waals surface area contributed by atoms with E-state index >= 15 is 0 Å². The molecule has 1 saturated carbocycles. The Morgan fingerprint density at radius 2 is 2.18 bits per heavy atom. The Morgan fingerprint density at radius 3 is 2.79 bits per heavy atom. The minimum Gasteiger partial charge on any atom is -0.392 e. The molecule has 0 radical (unpaired) electrons. The lowest BCUT2D eigenvalue weighted by Gasteiger charge is -2.49. The number of nitrogens with one attached hydrogen (secondary N) is 3. The fraction of sp³-hybridized carbons (Fsp3) is 0.444. The molecular formula is C18H20F3N6O+. The zero-order chi connectivity index (χ0) is 20.5. The first-order chi connectivity index (χ1) is 13.1. The number of nitriles is 1. The molecule has 0 bridgehead atoms. The molecular weight excluding hydrogens is 373 g/mol. The van der Waals surface area contributed by atoms with Gasteiger partial charge in [-0.1, -0.05) is 13.8 Å². The number of H-pyrrole nitrogens is 1. The van der Waals surface area contributed by atoms with Crippen LogP contribution in [0.15, 0.2) is 24.7 Å². The zero-order valence-electron chi connectivity index (χ0n) is 15.3. The molecule has 10 heteroatoms. The number of aromatic nitrogens is 3. The van der Waals surface area contributed by atoms with E-state index in [0.717, 1.165) is 6.07 Å². The maximum atomic E-state index is 13.1. The Morgan fingerprint density at radius 1 is 1.43 bits per heavy atom. The molecule has 2 atom stereocenters. The zero-order valence-corrected chi connectivity index (χ0v) is 15.3. The van der Waals surface area contributed by atoms with Crippen LogP contribution in [0, 0.1) is 16.7 Å². The van der Waals surface area contributed by atoms with Crippen LogP contribution in [-0.2, 0) is 12.7 Å². The number of aromatic amines is 1. The third-order valence-corrected chi connectivity index (χ3v) is 5.13. The minimum absolute atomic E-state index is 0.0146. The number of hydrogen-bond acceptors (Lipinski definition) is 6. The lowest BCUT2D eigenvalue weighted by Crippen LogP contribution is -2.57. The molecule has 4 N–H and O–H groups in total. The molecule has 7 nitrogen and oxygen atoms in total. The molecule has 2 aromatic rings. The Bertz CT molecular complexity index is 909. The number of aliphatic hydroxyl groups excluding tert-OH is 1. The van der Waals surface area contributed by atoms with E-state index in [1.807, 2.05) is 19.9 Å². The first-order valence-electron chi connectivity index (χ1n) is 8.64. The number of halogens is 3. The van der Waals surface area contributed by atoms with Crippen LogP contribution < -0.4 is 15.6 Å². The molecule has 0 aromatic carbocycles. The third kappa shape index (κ3) is 3.84. The summed E-state index contributed by atoms with van der Waals surface area (Å²) in [6.45, 7) is 3.65. The van der Waals surface area contributed by atoms with E-state index in [4.69, 9.17) is 0 Å². The topological polar surface area (TPSA) is 108 Å². The number of hydrogen-bond donors (Lipinski definition) is 3. The highest BCUT2D eigenvalue weighted by molar-refractivity contribution is 5.54. The van der Waals surface area contributed by atoms with Crippen LogP contribution in [0.25, 0.3) is 0 Å². The van der Waals surface area contributed by atoms with Gasteiger partial charge >= 0.3 is 6.18 Å². The van der Waals surface area contributed by atoms with E-state index in [0.29, 0.717) is 6.42 Å². The summed E-state index contributed by atoms with van der Waals surface area (Å²) in [6, 6.07) is 2.87. The maximum absolute atomic E-state index is 13.1. The SMILES string of the molecule is CC1(C)[C@H](O)C[C@H]1Nc1nc(NCc2c[nH+]ccc2C(F)(F)F)ncc1C#N. The van der Waals surface area contributed by atoms with Crippen molar-refractivity contribution in [1.29, 1.82) is 5.26 Å². The van der Waals surface area contributed by atoms with Crippen LogP contribution in [0.5, 0.6) is 0 Å². The smallest absolute Gasteiger partial charge is 0.392 e. The van der Waals surface area contributed by atoms with Crippen LogP contribution in [0.3, 0.4) is 0 Å². The summed E-state index contributed by atoms with van der Waals surface area (Å²) in [5, 5.41) is 25.0. The number of rotatable bonds is 5. The van der Waals surface area contributed by atoms with E-state index < -0.39 is 17.8 Å². The van der Waals surface area contributed by atoms with Gasteiger partial charge in [-0.05, 0) is 6.42 Å². The number of anilines is 2. The van der Waals surface area contributed by atoms with E-state index in [1.54, 1.807) is 0 Å². The van der Waals surface area contributed by atoms with Crippen molar-refractivity contribution in [3.05, 3.63) is 41.3 Å². The quantitative estimate of drug-likeness (QED) is 0.720. The van der Waals surface area contributed by atoms with Crippen LogP contribution in [-0.4, -0.2) is 27.2 Å². The summed E-state index contributed by atoms with van der Waals surface area (Å²) in [6.07, 6.45) is -0.634. The van der Waals surface area contributed by atoms with Crippen molar-refractivity contribution in [3.8, 4) is 6.07 Å². The first-order valence-corrected chi connectivity index (χ1v) is 8.64. The highest BCUT2D eigenvalue weighted by Gasteiger charge is 2.47. The van der Waals surface area contributed by atoms with Crippen molar-refractivity contribution >= 4 is 11.8 Å². The lowest BCUT2D eigenvalue weighted by atomic mass is 9.64. The van der Waals surface area contributed by atoms with E-state index in [-0.39, 0.29) is 40.9 Å². The average Bonchev–Trinajstić information content (AvgIpc) is 2.65. The van der Waals surface area contributed by atoms with Crippen molar-refractivity contribution in [2.45, 2.75) is 45.1 Å². The molecule has 148 valence electrons. The fourth-order valence-corrected chi connectivity index (χ4v) is 3.03. The molecule has 0 spiro atoms. The van der Waals surface area contributed by atoms with Gasteiger partial charge in [0.2, 0.25) is 5.95 Å². The average molecular weight is 393 g/mol. The van der Waals surface area contributed by atoms with Crippen molar-refractivity contribution in [1.82, 2.24) is 9.97 Å². The fourth-order valence-electron chi connectivity index (χ4n) is 3.03. The van der Waals surface area contributed by atoms with Gasteiger partial charge in [-0.3, -0.25) is 0 Å². The van der Waals surface area contributed by atoms with Gasteiger partial charge in [-0.25, -0.2) is 9.97 Å². The summed E-state index contributed by atoms with van der Waals surface area (Å²) in [4.78, 5) is 10.9. The van der Waals surface area contributed by atoms with Gasteiger partial charge in [-0.15, -0.1) is 0 Å². The van der Waals surface area contributed by atoms with Gasteiger partial charge in [-0.2, -0.15) is 23.4 Å². The summed E-state index contributed by atoms with van der Waals surface area (Å²) in [5.74, 6) is 0.372. The Kier molecular flexibility index (Phi) is 5.12.